The lowest BCUT2D eigenvalue weighted by atomic mass is 10.3. The quantitative estimate of drug-likeness (QED) is 0.839. The lowest BCUT2D eigenvalue weighted by molar-refractivity contribution is 0.301. The summed E-state index contributed by atoms with van der Waals surface area (Å²) in [6, 6.07) is 11.4. The van der Waals surface area contributed by atoms with Crippen LogP contribution in [0, 0.1) is 6.92 Å². The lowest BCUT2D eigenvalue weighted by Gasteiger charge is -2.08. The minimum Gasteiger partial charge on any atom is -0.486 e. The van der Waals surface area contributed by atoms with Gasteiger partial charge in [0.25, 0.3) is 0 Å². The van der Waals surface area contributed by atoms with Gasteiger partial charge < -0.3 is 4.74 Å². The Hall–Kier alpha value is -1.06. The van der Waals surface area contributed by atoms with Gasteiger partial charge in [0.2, 0.25) is 0 Å². The summed E-state index contributed by atoms with van der Waals surface area (Å²) in [5, 5.41) is 0.598. The second kappa shape index (κ2) is 5.52. The van der Waals surface area contributed by atoms with Crippen molar-refractivity contribution < 1.29 is 4.74 Å². The van der Waals surface area contributed by atoms with Crippen LogP contribution in [0.15, 0.2) is 40.9 Å². The molecule has 1 heterocycles. The van der Waals surface area contributed by atoms with Gasteiger partial charge in [-0.1, -0.05) is 33.6 Å². The molecule has 0 aliphatic carbocycles. The van der Waals surface area contributed by atoms with Gasteiger partial charge in [0.05, 0.1) is 10.7 Å². The number of halogens is 2. The third kappa shape index (κ3) is 3.45. The van der Waals surface area contributed by atoms with Crippen LogP contribution in [0.3, 0.4) is 0 Å². The summed E-state index contributed by atoms with van der Waals surface area (Å²) in [4.78, 5) is 4.36. The monoisotopic (exact) mass is 311 g/mol. The van der Waals surface area contributed by atoms with Crippen LogP contribution in [0.25, 0.3) is 0 Å². The second-order valence-corrected chi connectivity index (χ2v) is 4.96. The number of aromatic nitrogens is 1. The molecule has 0 aliphatic heterocycles. The fourth-order valence-corrected chi connectivity index (χ4v) is 1.93. The van der Waals surface area contributed by atoms with Gasteiger partial charge in [-0.3, -0.25) is 4.98 Å². The topological polar surface area (TPSA) is 22.1 Å². The number of nitrogens with zero attached hydrogens (tertiary/aromatic N) is 1. The Morgan fingerprint density at radius 1 is 1.29 bits per heavy atom. The predicted octanol–water partition coefficient (Wildman–Crippen LogP) is 4.38. The van der Waals surface area contributed by atoms with Crippen molar-refractivity contribution in [2.75, 3.05) is 0 Å². The summed E-state index contributed by atoms with van der Waals surface area (Å²) in [6.07, 6.45) is 0. The molecule has 0 aliphatic rings. The second-order valence-electron chi connectivity index (χ2n) is 3.63. The van der Waals surface area contributed by atoms with Gasteiger partial charge in [0, 0.05) is 10.2 Å². The summed E-state index contributed by atoms with van der Waals surface area (Å²) in [6.45, 7) is 2.37. The highest BCUT2D eigenvalue weighted by atomic mass is 79.9. The molecule has 0 radical (unpaired) electrons. The smallest absolute Gasteiger partial charge is 0.139 e. The van der Waals surface area contributed by atoms with Crippen molar-refractivity contribution >= 4 is 27.5 Å². The number of rotatable bonds is 3. The van der Waals surface area contributed by atoms with Crippen LogP contribution in [-0.4, -0.2) is 4.98 Å². The average molecular weight is 313 g/mol. The third-order valence-electron chi connectivity index (χ3n) is 2.21. The van der Waals surface area contributed by atoms with Crippen molar-refractivity contribution in [1.82, 2.24) is 4.98 Å². The van der Waals surface area contributed by atoms with Gasteiger partial charge >= 0.3 is 0 Å². The molecule has 2 aromatic rings. The normalized spacial score (nSPS) is 10.3. The molecular weight excluding hydrogens is 302 g/mol. The Morgan fingerprint density at radius 2 is 2.12 bits per heavy atom. The van der Waals surface area contributed by atoms with Gasteiger partial charge in [-0.15, -0.1) is 0 Å². The molecular formula is C13H11BrClNO. The van der Waals surface area contributed by atoms with Crippen molar-refractivity contribution in [1.29, 1.82) is 0 Å². The van der Waals surface area contributed by atoms with Crippen molar-refractivity contribution in [2.24, 2.45) is 0 Å². The first kappa shape index (κ1) is 12.4. The zero-order chi connectivity index (χ0) is 12.3. The molecule has 0 atom stereocenters. The molecule has 88 valence electrons. The summed E-state index contributed by atoms with van der Waals surface area (Å²) in [5.41, 5.74) is 1.87. The minimum atomic E-state index is 0.415. The molecule has 0 amide bonds. The van der Waals surface area contributed by atoms with Gasteiger partial charge in [-0.05, 0) is 37.3 Å². The highest BCUT2D eigenvalue weighted by Crippen LogP contribution is 2.28. The van der Waals surface area contributed by atoms with E-state index in [4.69, 9.17) is 16.3 Å². The van der Waals surface area contributed by atoms with E-state index in [-0.39, 0.29) is 0 Å². The fraction of sp³-hybridized carbons (Fsp3) is 0.154. The van der Waals surface area contributed by atoms with Crippen LogP contribution in [0.4, 0.5) is 0 Å². The molecule has 17 heavy (non-hydrogen) atoms. The Balaban J connectivity index is 2.09. The average Bonchev–Trinajstić information content (AvgIpc) is 2.30. The molecule has 0 N–H and O–H groups in total. The summed E-state index contributed by atoms with van der Waals surface area (Å²) in [5.74, 6) is 0.657. The van der Waals surface area contributed by atoms with Crippen LogP contribution < -0.4 is 4.74 Å². The summed E-state index contributed by atoms with van der Waals surface area (Å²) < 4.78 is 6.57. The zero-order valence-electron chi connectivity index (χ0n) is 9.28. The molecule has 0 spiro atoms. The molecule has 1 aromatic carbocycles. The maximum absolute atomic E-state index is 6.03. The Bertz CT molecular complexity index is 531. The first-order valence-corrected chi connectivity index (χ1v) is 6.32. The van der Waals surface area contributed by atoms with Crippen molar-refractivity contribution in [2.45, 2.75) is 13.5 Å². The molecule has 2 rings (SSSR count). The summed E-state index contributed by atoms with van der Waals surface area (Å²) >= 11 is 9.41. The predicted molar refractivity (Wildman–Crippen MR) is 72.5 cm³/mol. The van der Waals surface area contributed by atoms with E-state index in [2.05, 4.69) is 20.9 Å². The van der Waals surface area contributed by atoms with E-state index >= 15 is 0 Å². The van der Waals surface area contributed by atoms with Gasteiger partial charge in [-0.2, -0.15) is 0 Å². The molecule has 2 nitrogen and oxygen atoms in total. The number of benzene rings is 1. The molecule has 1 aromatic heterocycles. The van der Waals surface area contributed by atoms with E-state index in [0.29, 0.717) is 17.4 Å². The van der Waals surface area contributed by atoms with E-state index in [1.54, 1.807) is 6.07 Å². The Morgan fingerprint density at radius 3 is 2.88 bits per heavy atom. The van der Waals surface area contributed by atoms with Crippen LogP contribution >= 0.6 is 27.5 Å². The van der Waals surface area contributed by atoms with Crippen LogP contribution in [0.1, 0.15) is 11.4 Å². The Kier molecular flexibility index (Phi) is 4.02. The third-order valence-corrected chi connectivity index (χ3v) is 3.02. The SMILES string of the molecule is Cc1cccc(COc2cc(Br)ccc2Cl)n1. The number of ether oxygens (including phenoxy) is 1. The maximum atomic E-state index is 6.03. The fourth-order valence-electron chi connectivity index (χ4n) is 1.42. The first-order valence-electron chi connectivity index (χ1n) is 5.15. The number of aryl methyl sites for hydroxylation is 1. The van der Waals surface area contributed by atoms with E-state index < -0.39 is 0 Å². The molecule has 0 bridgehead atoms. The van der Waals surface area contributed by atoms with Crippen molar-refractivity contribution in [3.8, 4) is 5.75 Å². The molecule has 0 unspecified atom stereocenters. The van der Waals surface area contributed by atoms with E-state index in [9.17, 15) is 0 Å². The van der Waals surface area contributed by atoms with E-state index in [0.717, 1.165) is 15.9 Å². The number of pyridine rings is 1. The van der Waals surface area contributed by atoms with E-state index in [1.807, 2.05) is 37.3 Å². The largest absolute Gasteiger partial charge is 0.486 e. The minimum absolute atomic E-state index is 0.415. The van der Waals surface area contributed by atoms with Crippen molar-refractivity contribution in [3.05, 3.63) is 57.3 Å². The molecule has 0 fully saturated rings. The van der Waals surface area contributed by atoms with Gasteiger partial charge in [-0.25, -0.2) is 0 Å². The molecule has 0 saturated carbocycles. The van der Waals surface area contributed by atoms with Crippen molar-refractivity contribution in [3.63, 3.8) is 0 Å². The van der Waals surface area contributed by atoms with Crippen LogP contribution in [0.5, 0.6) is 5.75 Å². The number of hydrogen-bond acceptors (Lipinski definition) is 2. The summed E-state index contributed by atoms with van der Waals surface area (Å²) in [7, 11) is 0. The first-order chi connectivity index (χ1) is 8.15. The lowest BCUT2D eigenvalue weighted by Crippen LogP contribution is -1.99. The highest BCUT2D eigenvalue weighted by molar-refractivity contribution is 9.10. The maximum Gasteiger partial charge on any atom is 0.139 e. The highest BCUT2D eigenvalue weighted by Gasteiger charge is 2.03. The van der Waals surface area contributed by atoms with Gasteiger partial charge in [0.15, 0.2) is 0 Å². The van der Waals surface area contributed by atoms with Crippen LogP contribution in [-0.2, 0) is 6.61 Å². The van der Waals surface area contributed by atoms with Gasteiger partial charge in [0.1, 0.15) is 12.4 Å². The molecule has 0 saturated heterocycles. The van der Waals surface area contributed by atoms with E-state index in [1.165, 1.54) is 0 Å². The van der Waals surface area contributed by atoms with Crippen LogP contribution in [0.2, 0.25) is 5.02 Å². The number of hydrogen-bond donors (Lipinski definition) is 0. The molecule has 4 heteroatoms. The standard InChI is InChI=1S/C13H11BrClNO/c1-9-3-2-4-11(16-9)8-17-13-7-10(14)5-6-12(13)15/h2-7H,8H2,1H3. The Labute approximate surface area is 114 Å². The zero-order valence-corrected chi connectivity index (χ0v) is 11.6.